The molecule has 7 nitrogen and oxygen atoms in total. The molecule has 1 amide bonds. The van der Waals surface area contributed by atoms with Crippen LogP contribution in [0.3, 0.4) is 0 Å². The normalized spacial score (nSPS) is 9.33. The van der Waals surface area contributed by atoms with Gasteiger partial charge < -0.3 is 10.1 Å². The zero-order valence-corrected chi connectivity index (χ0v) is 9.67. The van der Waals surface area contributed by atoms with Gasteiger partial charge in [-0.3, -0.25) is 14.9 Å². The first kappa shape index (κ1) is 13.4. The predicted octanol–water partition coefficient (Wildman–Crippen LogP) is 1.85. The third kappa shape index (κ3) is 3.45. The van der Waals surface area contributed by atoms with Crippen LogP contribution in [-0.4, -0.2) is 17.4 Å². The fraction of sp³-hybridized carbons (Fsp3) is 0.273. The van der Waals surface area contributed by atoms with Crippen LogP contribution in [0.2, 0.25) is 0 Å². The van der Waals surface area contributed by atoms with Gasteiger partial charge in [0.05, 0.1) is 23.7 Å². The molecular weight excluding hydrogens is 238 g/mol. The summed E-state index contributed by atoms with van der Waals surface area (Å²) in [5, 5.41) is 21.5. The van der Waals surface area contributed by atoms with Crippen molar-refractivity contribution >= 4 is 17.3 Å². The number of nitrogens with zero attached hydrogens (tertiary/aromatic N) is 2. The zero-order valence-electron chi connectivity index (χ0n) is 9.67. The molecule has 1 N–H and O–H groups in total. The SMILES string of the molecule is CCOc1ccc(NC(=O)CC#N)c([N+](=O)[O-])c1. The van der Waals surface area contributed by atoms with Crippen LogP contribution in [0.1, 0.15) is 13.3 Å². The number of ether oxygens (including phenoxy) is 1. The molecule has 0 saturated heterocycles. The van der Waals surface area contributed by atoms with Gasteiger partial charge in [0.2, 0.25) is 5.91 Å². The highest BCUT2D eigenvalue weighted by molar-refractivity contribution is 5.94. The number of hydrogen-bond donors (Lipinski definition) is 1. The summed E-state index contributed by atoms with van der Waals surface area (Å²) < 4.78 is 5.13. The number of nitriles is 1. The van der Waals surface area contributed by atoms with Crippen molar-refractivity contribution in [3.05, 3.63) is 28.3 Å². The molecule has 0 saturated carbocycles. The van der Waals surface area contributed by atoms with Crippen molar-refractivity contribution in [1.82, 2.24) is 0 Å². The van der Waals surface area contributed by atoms with E-state index in [2.05, 4.69) is 5.32 Å². The van der Waals surface area contributed by atoms with Crippen LogP contribution in [0.25, 0.3) is 0 Å². The van der Waals surface area contributed by atoms with Gasteiger partial charge in [0.15, 0.2) is 0 Å². The number of nitro benzene ring substituents is 1. The molecule has 0 bridgehead atoms. The van der Waals surface area contributed by atoms with E-state index in [1.807, 2.05) is 0 Å². The third-order valence-corrected chi connectivity index (χ3v) is 1.99. The molecule has 0 aliphatic rings. The molecule has 1 aromatic rings. The monoisotopic (exact) mass is 249 g/mol. The van der Waals surface area contributed by atoms with E-state index in [-0.39, 0.29) is 17.8 Å². The summed E-state index contributed by atoms with van der Waals surface area (Å²) >= 11 is 0. The van der Waals surface area contributed by atoms with Crippen LogP contribution in [0.15, 0.2) is 18.2 Å². The van der Waals surface area contributed by atoms with Gasteiger partial charge in [-0.2, -0.15) is 5.26 Å². The van der Waals surface area contributed by atoms with Gasteiger partial charge in [0.1, 0.15) is 17.9 Å². The van der Waals surface area contributed by atoms with E-state index in [4.69, 9.17) is 10.00 Å². The highest BCUT2D eigenvalue weighted by Crippen LogP contribution is 2.29. The summed E-state index contributed by atoms with van der Waals surface area (Å²) in [4.78, 5) is 21.4. The van der Waals surface area contributed by atoms with Crippen molar-refractivity contribution in [2.24, 2.45) is 0 Å². The minimum atomic E-state index is -0.621. The van der Waals surface area contributed by atoms with Crippen LogP contribution in [0.4, 0.5) is 11.4 Å². The van der Waals surface area contributed by atoms with Crippen LogP contribution >= 0.6 is 0 Å². The molecule has 0 atom stereocenters. The van der Waals surface area contributed by atoms with E-state index >= 15 is 0 Å². The first-order valence-electron chi connectivity index (χ1n) is 5.16. The Labute approximate surface area is 103 Å². The Kier molecular flexibility index (Phi) is 4.63. The van der Waals surface area contributed by atoms with Crippen LogP contribution in [0.5, 0.6) is 5.75 Å². The largest absolute Gasteiger partial charge is 0.494 e. The molecule has 0 fully saturated rings. The Morgan fingerprint density at radius 1 is 1.61 bits per heavy atom. The summed E-state index contributed by atoms with van der Waals surface area (Å²) in [5.74, 6) is -0.243. The minimum Gasteiger partial charge on any atom is -0.494 e. The Morgan fingerprint density at radius 2 is 2.33 bits per heavy atom. The summed E-state index contributed by atoms with van der Waals surface area (Å²) in [5.41, 5.74) is -0.226. The van der Waals surface area contributed by atoms with Crippen molar-refractivity contribution in [2.45, 2.75) is 13.3 Å². The van der Waals surface area contributed by atoms with E-state index in [0.717, 1.165) is 0 Å². The number of rotatable bonds is 5. The van der Waals surface area contributed by atoms with E-state index in [1.54, 1.807) is 13.0 Å². The van der Waals surface area contributed by atoms with Gasteiger partial charge in [0, 0.05) is 0 Å². The number of carbonyl (C=O) groups is 1. The second-order valence-electron chi connectivity index (χ2n) is 3.25. The second-order valence-corrected chi connectivity index (χ2v) is 3.25. The van der Waals surface area contributed by atoms with E-state index in [9.17, 15) is 14.9 Å². The molecule has 0 aromatic heterocycles. The number of anilines is 1. The molecule has 0 spiro atoms. The van der Waals surface area contributed by atoms with Crippen molar-refractivity contribution in [1.29, 1.82) is 5.26 Å². The average Bonchev–Trinajstić information content (AvgIpc) is 2.31. The fourth-order valence-electron chi connectivity index (χ4n) is 1.29. The van der Waals surface area contributed by atoms with Gasteiger partial charge in [-0.15, -0.1) is 0 Å². The molecule has 0 radical (unpaired) electrons. The molecule has 0 aliphatic heterocycles. The van der Waals surface area contributed by atoms with Gasteiger partial charge >= 0.3 is 0 Å². The Bertz CT molecular complexity index is 508. The molecule has 0 unspecified atom stereocenters. The number of amides is 1. The lowest BCUT2D eigenvalue weighted by Gasteiger charge is -2.07. The summed E-state index contributed by atoms with van der Waals surface area (Å²) in [7, 11) is 0. The van der Waals surface area contributed by atoms with Gasteiger partial charge in [-0.1, -0.05) is 0 Å². The predicted molar refractivity (Wildman–Crippen MR) is 63.1 cm³/mol. The summed E-state index contributed by atoms with van der Waals surface area (Å²) in [6.45, 7) is 2.14. The second kappa shape index (κ2) is 6.20. The van der Waals surface area contributed by atoms with Crippen molar-refractivity contribution < 1.29 is 14.5 Å². The Balaban J connectivity index is 3.01. The standard InChI is InChI=1S/C11H11N3O4/c1-2-18-8-3-4-9(10(7-8)14(16)17)13-11(15)5-6-12/h3-4,7H,2,5H2,1H3,(H,13,15). The number of nitro groups is 1. The number of hydrogen-bond acceptors (Lipinski definition) is 5. The quantitative estimate of drug-likeness (QED) is 0.633. The first-order chi connectivity index (χ1) is 8.58. The minimum absolute atomic E-state index is 0.0451. The Hall–Kier alpha value is -2.62. The molecular formula is C11H11N3O4. The number of benzene rings is 1. The van der Waals surface area contributed by atoms with Crippen molar-refractivity contribution in [3.63, 3.8) is 0 Å². The lowest BCUT2D eigenvalue weighted by atomic mass is 10.2. The molecule has 94 valence electrons. The molecule has 1 aromatic carbocycles. The maximum Gasteiger partial charge on any atom is 0.296 e. The maximum atomic E-state index is 11.2. The van der Waals surface area contributed by atoms with Crippen molar-refractivity contribution in [2.75, 3.05) is 11.9 Å². The fourth-order valence-corrected chi connectivity index (χ4v) is 1.29. The van der Waals surface area contributed by atoms with Gasteiger partial charge in [-0.05, 0) is 19.1 Å². The third-order valence-electron chi connectivity index (χ3n) is 1.99. The number of nitrogens with one attached hydrogen (secondary N) is 1. The lowest BCUT2D eigenvalue weighted by molar-refractivity contribution is -0.384. The van der Waals surface area contributed by atoms with Gasteiger partial charge in [-0.25, -0.2) is 0 Å². The van der Waals surface area contributed by atoms with Crippen LogP contribution < -0.4 is 10.1 Å². The highest BCUT2D eigenvalue weighted by atomic mass is 16.6. The average molecular weight is 249 g/mol. The van der Waals surface area contributed by atoms with E-state index < -0.39 is 10.8 Å². The molecule has 18 heavy (non-hydrogen) atoms. The first-order valence-corrected chi connectivity index (χ1v) is 5.16. The highest BCUT2D eigenvalue weighted by Gasteiger charge is 2.17. The van der Waals surface area contributed by atoms with E-state index in [0.29, 0.717) is 12.4 Å². The molecule has 7 heteroatoms. The molecule has 1 rings (SSSR count). The molecule has 0 heterocycles. The van der Waals surface area contributed by atoms with Crippen LogP contribution in [0, 0.1) is 21.4 Å². The Morgan fingerprint density at radius 3 is 2.89 bits per heavy atom. The lowest BCUT2D eigenvalue weighted by Crippen LogP contribution is -2.11. The smallest absolute Gasteiger partial charge is 0.296 e. The molecule has 0 aliphatic carbocycles. The maximum absolute atomic E-state index is 11.2. The topological polar surface area (TPSA) is 105 Å². The summed E-state index contributed by atoms with van der Waals surface area (Å²) in [6, 6.07) is 5.77. The summed E-state index contributed by atoms with van der Waals surface area (Å²) in [6.07, 6.45) is -0.357. The van der Waals surface area contributed by atoms with Gasteiger partial charge in [0.25, 0.3) is 5.69 Å². The van der Waals surface area contributed by atoms with Crippen LogP contribution in [-0.2, 0) is 4.79 Å². The zero-order chi connectivity index (χ0) is 13.5. The van der Waals surface area contributed by atoms with Crippen molar-refractivity contribution in [3.8, 4) is 11.8 Å². The van der Waals surface area contributed by atoms with E-state index in [1.165, 1.54) is 18.2 Å². The number of carbonyl (C=O) groups excluding carboxylic acids is 1.